The van der Waals surface area contributed by atoms with Crippen molar-refractivity contribution in [2.24, 2.45) is 0 Å². The fraction of sp³-hybridized carbons (Fsp3) is 0.429. The molecule has 0 fully saturated rings. The molecular formula is C14H19NO5. The summed E-state index contributed by atoms with van der Waals surface area (Å²) in [5.41, 5.74) is -1.15. The highest BCUT2D eigenvalue weighted by Gasteiger charge is 2.25. The van der Waals surface area contributed by atoms with Crippen molar-refractivity contribution in [3.05, 3.63) is 29.8 Å². The number of aliphatic hydroxyl groups is 1. The molecule has 0 spiro atoms. The van der Waals surface area contributed by atoms with Gasteiger partial charge in [-0.25, -0.2) is 0 Å². The van der Waals surface area contributed by atoms with E-state index in [0.29, 0.717) is 17.9 Å². The van der Waals surface area contributed by atoms with Gasteiger partial charge in [-0.3, -0.25) is 9.59 Å². The third-order valence-corrected chi connectivity index (χ3v) is 2.59. The summed E-state index contributed by atoms with van der Waals surface area (Å²) in [4.78, 5) is 22.6. The Morgan fingerprint density at radius 1 is 1.35 bits per heavy atom. The molecule has 3 N–H and O–H groups in total. The second-order valence-corrected chi connectivity index (χ2v) is 4.68. The number of rotatable bonds is 7. The fourth-order valence-electron chi connectivity index (χ4n) is 1.69. The van der Waals surface area contributed by atoms with Gasteiger partial charge in [0.05, 0.1) is 24.2 Å². The summed E-state index contributed by atoms with van der Waals surface area (Å²) in [5, 5.41) is 21.0. The van der Waals surface area contributed by atoms with E-state index in [0.717, 1.165) is 0 Å². The Hall–Kier alpha value is -2.08. The van der Waals surface area contributed by atoms with Crippen LogP contribution in [0.1, 0.15) is 30.6 Å². The minimum Gasteiger partial charge on any atom is -0.493 e. The Morgan fingerprint density at radius 2 is 2.00 bits per heavy atom. The molecule has 1 aromatic rings. The molecule has 0 saturated heterocycles. The number of carboxylic acid groups (broad SMARTS) is 1. The molecule has 1 aromatic carbocycles. The molecule has 110 valence electrons. The largest absolute Gasteiger partial charge is 0.493 e. The van der Waals surface area contributed by atoms with Crippen molar-refractivity contribution in [2.45, 2.75) is 25.9 Å². The Labute approximate surface area is 117 Å². The molecule has 1 unspecified atom stereocenters. The van der Waals surface area contributed by atoms with Gasteiger partial charge in [0.1, 0.15) is 5.75 Å². The SMILES string of the molecule is CCOc1ccccc1C(=O)NCC(C)(O)CC(=O)O. The topological polar surface area (TPSA) is 95.9 Å². The van der Waals surface area contributed by atoms with Gasteiger partial charge in [0, 0.05) is 6.54 Å². The lowest BCUT2D eigenvalue weighted by Gasteiger charge is -2.21. The van der Waals surface area contributed by atoms with Crippen LogP contribution < -0.4 is 10.1 Å². The molecule has 0 bridgehead atoms. The van der Waals surface area contributed by atoms with Gasteiger partial charge in [-0.15, -0.1) is 0 Å². The summed E-state index contributed by atoms with van der Waals surface area (Å²) < 4.78 is 5.34. The van der Waals surface area contributed by atoms with E-state index in [1.165, 1.54) is 6.92 Å². The van der Waals surface area contributed by atoms with E-state index >= 15 is 0 Å². The monoisotopic (exact) mass is 281 g/mol. The first-order valence-corrected chi connectivity index (χ1v) is 6.30. The predicted octanol–water partition coefficient (Wildman–Crippen LogP) is 1.04. The highest BCUT2D eigenvalue weighted by atomic mass is 16.5. The van der Waals surface area contributed by atoms with E-state index in [1.54, 1.807) is 24.3 Å². The highest BCUT2D eigenvalue weighted by Crippen LogP contribution is 2.18. The number of carboxylic acids is 1. The second kappa shape index (κ2) is 6.91. The van der Waals surface area contributed by atoms with Crippen LogP contribution in [0.5, 0.6) is 5.75 Å². The number of nitrogens with one attached hydrogen (secondary N) is 1. The summed E-state index contributed by atoms with van der Waals surface area (Å²) in [6.07, 6.45) is -0.444. The first-order chi connectivity index (χ1) is 9.35. The zero-order valence-corrected chi connectivity index (χ0v) is 11.5. The maximum absolute atomic E-state index is 12.0. The van der Waals surface area contributed by atoms with E-state index in [-0.39, 0.29) is 6.54 Å². The molecule has 20 heavy (non-hydrogen) atoms. The zero-order chi connectivity index (χ0) is 15.2. The summed E-state index contributed by atoms with van der Waals surface area (Å²) in [6, 6.07) is 6.73. The summed E-state index contributed by atoms with van der Waals surface area (Å²) >= 11 is 0. The molecule has 6 heteroatoms. The smallest absolute Gasteiger partial charge is 0.306 e. The molecule has 6 nitrogen and oxygen atoms in total. The molecule has 0 aliphatic heterocycles. The molecule has 0 saturated carbocycles. The fourth-order valence-corrected chi connectivity index (χ4v) is 1.69. The van der Waals surface area contributed by atoms with Crippen LogP contribution in [-0.4, -0.2) is 40.8 Å². The van der Waals surface area contributed by atoms with E-state index < -0.39 is 23.9 Å². The summed E-state index contributed by atoms with van der Waals surface area (Å²) in [5.74, 6) is -1.09. The standard InChI is InChI=1S/C14H19NO5/c1-3-20-11-7-5-4-6-10(11)13(18)15-9-14(2,19)8-12(16)17/h4-7,19H,3,8-9H2,1-2H3,(H,15,18)(H,16,17). The van der Waals surface area contributed by atoms with Gasteiger partial charge in [-0.05, 0) is 26.0 Å². The van der Waals surface area contributed by atoms with Crippen LogP contribution in [0.4, 0.5) is 0 Å². The lowest BCUT2D eigenvalue weighted by Crippen LogP contribution is -2.42. The molecule has 0 heterocycles. The van der Waals surface area contributed by atoms with Crippen molar-refractivity contribution < 1.29 is 24.5 Å². The Kier molecular flexibility index (Phi) is 5.52. The number of para-hydroxylation sites is 1. The van der Waals surface area contributed by atoms with Gasteiger partial charge in [-0.1, -0.05) is 12.1 Å². The first kappa shape index (κ1) is 16.0. The Balaban J connectivity index is 2.70. The van der Waals surface area contributed by atoms with Crippen LogP contribution in [0.25, 0.3) is 0 Å². The van der Waals surface area contributed by atoms with Crippen molar-refractivity contribution in [3.8, 4) is 5.75 Å². The molecule has 0 radical (unpaired) electrons. The van der Waals surface area contributed by atoms with Gasteiger partial charge < -0.3 is 20.3 Å². The summed E-state index contributed by atoms with van der Waals surface area (Å²) in [6.45, 7) is 3.45. The molecule has 0 aliphatic rings. The van der Waals surface area contributed by atoms with Crippen LogP contribution >= 0.6 is 0 Å². The van der Waals surface area contributed by atoms with E-state index in [1.807, 2.05) is 6.92 Å². The van der Waals surface area contributed by atoms with Gasteiger partial charge in [0.25, 0.3) is 5.91 Å². The van der Waals surface area contributed by atoms with Crippen LogP contribution in [0.2, 0.25) is 0 Å². The van der Waals surface area contributed by atoms with Crippen molar-refractivity contribution >= 4 is 11.9 Å². The first-order valence-electron chi connectivity index (χ1n) is 6.30. The minimum absolute atomic E-state index is 0.154. The van der Waals surface area contributed by atoms with Crippen molar-refractivity contribution in [2.75, 3.05) is 13.2 Å². The Bertz CT molecular complexity index is 484. The zero-order valence-electron chi connectivity index (χ0n) is 11.5. The molecule has 1 amide bonds. The highest BCUT2D eigenvalue weighted by molar-refractivity contribution is 5.96. The third-order valence-electron chi connectivity index (χ3n) is 2.59. The van der Waals surface area contributed by atoms with Crippen LogP contribution in [0.15, 0.2) is 24.3 Å². The van der Waals surface area contributed by atoms with Crippen molar-refractivity contribution in [3.63, 3.8) is 0 Å². The van der Waals surface area contributed by atoms with Crippen molar-refractivity contribution in [1.29, 1.82) is 0 Å². The lowest BCUT2D eigenvalue weighted by atomic mass is 10.0. The van der Waals surface area contributed by atoms with Crippen molar-refractivity contribution in [1.82, 2.24) is 5.32 Å². The summed E-state index contributed by atoms with van der Waals surface area (Å²) in [7, 11) is 0. The molecule has 0 aliphatic carbocycles. The number of ether oxygens (including phenoxy) is 1. The van der Waals surface area contributed by atoms with E-state index in [9.17, 15) is 14.7 Å². The van der Waals surface area contributed by atoms with Gasteiger partial charge in [0.15, 0.2) is 0 Å². The minimum atomic E-state index is -1.50. The predicted molar refractivity (Wildman–Crippen MR) is 72.8 cm³/mol. The third kappa shape index (κ3) is 4.89. The molecule has 1 atom stereocenters. The maximum Gasteiger partial charge on any atom is 0.306 e. The molecular weight excluding hydrogens is 262 g/mol. The normalized spacial score (nSPS) is 13.3. The molecule has 0 aromatic heterocycles. The molecule has 1 rings (SSSR count). The van der Waals surface area contributed by atoms with Crippen LogP contribution in [-0.2, 0) is 4.79 Å². The number of hydrogen-bond acceptors (Lipinski definition) is 4. The van der Waals surface area contributed by atoms with Gasteiger partial charge in [0.2, 0.25) is 0 Å². The van der Waals surface area contributed by atoms with Gasteiger partial charge in [-0.2, -0.15) is 0 Å². The average Bonchev–Trinajstić information content (AvgIpc) is 2.36. The Morgan fingerprint density at radius 3 is 2.60 bits per heavy atom. The van der Waals surface area contributed by atoms with Crippen LogP contribution in [0, 0.1) is 0 Å². The van der Waals surface area contributed by atoms with E-state index in [2.05, 4.69) is 5.32 Å². The number of aliphatic carboxylic acids is 1. The number of carbonyl (C=O) groups is 2. The quantitative estimate of drug-likeness (QED) is 0.694. The van der Waals surface area contributed by atoms with Gasteiger partial charge >= 0.3 is 5.97 Å². The number of amides is 1. The second-order valence-electron chi connectivity index (χ2n) is 4.68. The van der Waals surface area contributed by atoms with Crippen LogP contribution in [0.3, 0.4) is 0 Å². The maximum atomic E-state index is 12.0. The average molecular weight is 281 g/mol. The number of benzene rings is 1. The number of carbonyl (C=O) groups excluding carboxylic acids is 1. The number of hydrogen-bond donors (Lipinski definition) is 3. The lowest BCUT2D eigenvalue weighted by molar-refractivity contribution is -0.141. The van der Waals surface area contributed by atoms with E-state index in [4.69, 9.17) is 9.84 Å².